The zero-order chi connectivity index (χ0) is 23.0. The average Bonchev–Trinajstić information content (AvgIpc) is 3.06. The molecule has 0 radical (unpaired) electrons. The van der Waals surface area contributed by atoms with Gasteiger partial charge < -0.3 is 9.84 Å². The van der Waals surface area contributed by atoms with E-state index in [1.54, 1.807) is 36.7 Å². The lowest BCUT2D eigenvalue weighted by Gasteiger charge is -2.26. The fraction of sp³-hybridized carbons (Fsp3) is 0.192. The molecule has 1 unspecified atom stereocenters. The van der Waals surface area contributed by atoms with Gasteiger partial charge in [0.05, 0.1) is 24.3 Å². The molecule has 2 aromatic carbocycles. The molecule has 6 heteroatoms. The highest BCUT2D eigenvalue weighted by molar-refractivity contribution is 6.51. The van der Waals surface area contributed by atoms with Gasteiger partial charge in [0, 0.05) is 18.1 Å². The number of hydrogen-bond acceptors (Lipinski definition) is 5. The van der Waals surface area contributed by atoms with Crippen molar-refractivity contribution in [3.05, 3.63) is 94.3 Å². The second kappa shape index (κ2) is 8.30. The molecule has 32 heavy (non-hydrogen) atoms. The maximum Gasteiger partial charge on any atom is 0.300 e. The molecule has 0 spiro atoms. The molecule has 4 rings (SSSR count). The third kappa shape index (κ3) is 3.54. The van der Waals surface area contributed by atoms with Crippen LogP contribution in [0.3, 0.4) is 0 Å². The van der Waals surface area contributed by atoms with Gasteiger partial charge in [-0.05, 0) is 67.8 Å². The number of methoxy groups -OCH3 is 1. The van der Waals surface area contributed by atoms with Crippen LogP contribution in [0.2, 0.25) is 0 Å². The maximum absolute atomic E-state index is 13.3. The van der Waals surface area contributed by atoms with Crippen molar-refractivity contribution >= 4 is 23.1 Å². The molecule has 0 bridgehead atoms. The topological polar surface area (TPSA) is 79.7 Å². The number of benzene rings is 2. The van der Waals surface area contributed by atoms with E-state index in [0.29, 0.717) is 22.6 Å². The van der Waals surface area contributed by atoms with Gasteiger partial charge in [-0.2, -0.15) is 0 Å². The third-order valence-corrected chi connectivity index (χ3v) is 5.82. The van der Waals surface area contributed by atoms with E-state index in [9.17, 15) is 14.7 Å². The lowest BCUT2D eigenvalue weighted by molar-refractivity contribution is -0.132. The molecule has 162 valence electrons. The van der Waals surface area contributed by atoms with Crippen molar-refractivity contribution in [3.63, 3.8) is 0 Å². The Labute approximate surface area is 186 Å². The predicted molar refractivity (Wildman–Crippen MR) is 123 cm³/mol. The SMILES string of the molecule is COc1ccc(C)cc1/C(O)=C1\C(=O)C(=O)N(c2ccc(C)c(C)c2)C1c1cccnc1. The Morgan fingerprint density at radius 1 is 1.03 bits per heavy atom. The number of pyridine rings is 1. The summed E-state index contributed by atoms with van der Waals surface area (Å²) in [5, 5.41) is 11.3. The lowest BCUT2D eigenvalue weighted by atomic mass is 9.95. The van der Waals surface area contributed by atoms with Crippen LogP contribution in [-0.2, 0) is 9.59 Å². The largest absolute Gasteiger partial charge is 0.507 e. The van der Waals surface area contributed by atoms with Crippen LogP contribution in [0.15, 0.2) is 66.5 Å². The molecule has 2 heterocycles. The van der Waals surface area contributed by atoms with Crippen LogP contribution in [0.1, 0.15) is 33.9 Å². The van der Waals surface area contributed by atoms with Crippen LogP contribution in [0.5, 0.6) is 5.75 Å². The van der Waals surface area contributed by atoms with Crippen molar-refractivity contribution in [1.29, 1.82) is 0 Å². The summed E-state index contributed by atoms with van der Waals surface area (Å²) in [6.45, 7) is 5.81. The zero-order valence-electron chi connectivity index (χ0n) is 18.4. The van der Waals surface area contributed by atoms with E-state index >= 15 is 0 Å². The van der Waals surface area contributed by atoms with Crippen molar-refractivity contribution in [2.45, 2.75) is 26.8 Å². The Kier molecular flexibility index (Phi) is 5.53. The van der Waals surface area contributed by atoms with Gasteiger partial charge in [-0.1, -0.05) is 23.8 Å². The summed E-state index contributed by atoms with van der Waals surface area (Å²) in [6, 6.07) is 13.6. The van der Waals surface area contributed by atoms with E-state index in [0.717, 1.165) is 16.7 Å². The second-order valence-corrected chi connectivity index (χ2v) is 7.93. The number of anilines is 1. The zero-order valence-corrected chi connectivity index (χ0v) is 18.4. The number of amides is 1. The predicted octanol–water partition coefficient (Wildman–Crippen LogP) is 4.64. The number of Topliss-reactive ketones (excluding diaryl/α,β-unsaturated/α-hetero) is 1. The number of aliphatic hydroxyl groups is 1. The normalized spacial score (nSPS) is 17.6. The first-order valence-corrected chi connectivity index (χ1v) is 10.3. The van der Waals surface area contributed by atoms with Gasteiger partial charge in [0.2, 0.25) is 0 Å². The number of nitrogens with zero attached hydrogens (tertiary/aromatic N) is 2. The van der Waals surface area contributed by atoms with Gasteiger partial charge >= 0.3 is 0 Å². The second-order valence-electron chi connectivity index (χ2n) is 7.93. The van der Waals surface area contributed by atoms with Gasteiger partial charge in [-0.15, -0.1) is 0 Å². The van der Waals surface area contributed by atoms with Crippen molar-refractivity contribution in [3.8, 4) is 5.75 Å². The number of rotatable bonds is 4. The quantitative estimate of drug-likeness (QED) is 0.372. The van der Waals surface area contributed by atoms with E-state index in [1.807, 2.05) is 45.0 Å². The highest BCUT2D eigenvalue weighted by Crippen LogP contribution is 2.43. The molecule has 3 aromatic rings. The number of aliphatic hydroxyl groups excluding tert-OH is 1. The molecule has 1 amide bonds. The molecular formula is C26H24N2O4. The smallest absolute Gasteiger partial charge is 0.300 e. The Morgan fingerprint density at radius 3 is 2.47 bits per heavy atom. The van der Waals surface area contributed by atoms with E-state index in [2.05, 4.69) is 4.98 Å². The summed E-state index contributed by atoms with van der Waals surface area (Å²) in [5.74, 6) is -1.31. The molecule has 6 nitrogen and oxygen atoms in total. The fourth-order valence-electron chi connectivity index (χ4n) is 3.98. The van der Waals surface area contributed by atoms with Gasteiger partial charge in [-0.3, -0.25) is 19.5 Å². The van der Waals surface area contributed by atoms with E-state index in [1.165, 1.54) is 12.0 Å². The highest BCUT2D eigenvalue weighted by Gasteiger charge is 2.47. The maximum atomic E-state index is 13.3. The van der Waals surface area contributed by atoms with Crippen LogP contribution in [0.25, 0.3) is 5.76 Å². The van der Waals surface area contributed by atoms with Crippen molar-refractivity contribution in [2.24, 2.45) is 0 Å². The molecular weight excluding hydrogens is 404 g/mol. The van der Waals surface area contributed by atoms with Crippen LogP contribution < -0.4 is 9.64 Å². The number of carbonyl (C=O) groups excluding carboxylic acids is 2. The van der Waals surface area contributed by atoms with Gasteiger partial charge in [-0.25, -0.2) is 0 Å². The van der Waals surface area contributed by atoms with Gasteiger partial charge in [0.1, 0.15) is 11.5 Å². The molecule has 1 saturated heterocycles. The summed E-state index contributed by atoms with van der Waals surface area (Å²) in [7, 11) is 1.49. The van der Waals surface area contributed by atoms with Crippen molar-refractivity contribution in [1.82, 2.24) is 4.98 Å². The van der Waals surface area contributed by atoms with Crippen LogP contribution in [-0.4, -0.2) is 28.9 Å². The first-order valence-electron chi connectivity index (χ1n) is 10.3. The average molecular weight is 428 g/mol. The van der Waals surface area contributed by atoms with E-state index < -0.39 is 17.7 Å². The number of aryl methyl sites for hydroxylation is 3. The van der Waals surface area contributed by atoms with Crippen LogP contribution >= 0.6 is 0 Å². The van der Waals surface area contributed by atoms with Crippen molar-refractivity contribution in [2.75, 3.05) is 12.0 Å². The Morgan fingerprint density at radius 2 is 1.81 bits per heavy atom. The third-order valence-electron chi connectivity index (χ3n) is 5.82. The monoisotopic (exact) mass is 428 g/mol. The lowest BCUT2D eigenvalue weighted by Crippen LogP contribution is -2.29. The molecule has 1 aromatic heterocycles. The number of ketones is 1. The van der Waals surface area contributed by atoms with Crippen LogP contribution in [0.4, 0.5) is 5.69 Å². The first-order chi connectivity index (χ1) is 15.3. The van der Waals surface area contributed by atoms with Gasteiger partial charge in [0.25, 0.3) is 11.7 Å². The van der Waals surface area contributed by atoms with E-state index in [4.69, 9.17) is 4.74 Å². The number of ether oxygens (including phenoxy) is 1. The summed E-state index contributed by atoms with van der Waals surface area (Å²) < 4.78 is 5.41. The number of carbonyl (C=O) groups is 2. The number of aromatic nitrogens is 1. The Hall–Kier alpha value is -3.93. The minimum absolute atomic E-state index is 0.00475. The van der Waals surface area contributed by atoms with Gasteiger partial charge in [0.15, 0.2) is 0 Å². The molecule has 0 saturated carbocycles. The minimum Gasteiger partial charge on any atom is -0.507 e. The molecule has 0 aliphatic carbocycles. The van der Waals surface area contributed by atoms with E-state index in [-0.39, 0.29) is 11.3 Å². The molecule has 1 aliphatic rings. The Bertz CT molecular complexity index is 1250. The first kappa shape index (κ1) is 21.3. The summed E-state index contributed by atoms with van der Waals surface area (Å²) in [6.07, 6.45) is 3.22. The molecule has 1 aliphatic heterocycles. The van der Waals surface area contributed by atoms with Crippen molar-refractivity contribution < 1.29 is 19.4 Å². The highest BCUT2D eigenvalue weighted by atomic mass is 16.5. The number of hydrogen-bond donors (Lipinski definition) is 1. The summed E-state index contributed by atoms with van der Waals surface area (Å²) in [5.41, 5.74) is 4.53. The minimum atomic E-state index is -0.823. The Balaban J connectivity index is 1.98. The standard InChI is InChI=1S/C26H24N2O4/c1-15-7-10-21(32-4)20(12-15)24(29)22-23(18-6-5-11-27-14-18)28(26(31)25(22)30)19-9-8-16(2)17(3)13-19/h5-14,23,29H,1-4H3/b24-22+. The summed E-state index contributed by atoms with van der Waals surface area (Å²) in [4.78, 5) is 32.1. The molecule has 1 fully saturated rings. The summed E-state index contributed by atoms with van der Waals surface area (Å²) >= 11 is 0. The molecule has 1 atom stereocenters. The van der Waals surface area contributed by atoms with Crippen LogP contribution in [0, 0.1) is 20.8 Å². The molecule has 1 N–H and O–H groups in total. The fourth-order valence-corrected chi connectivity index (χ4v) is 3.98.